The Kier molecular flexibility index (Phi) is 9.07. The maximum Gasteiger partial charge on any atom is 0.0638 e. The van der Waals surface area contributed by atoms with Crippen molar-refractivity contribution >= 4 is 0 Å². The van der Waals surface area contributed by atoms with Crippen LogP contribution < -0.4 is 5.32 Å². The molecule has 0 spiro atoms. The van der Waals surface area contributed by atoms with Crippen LogP contribution in [0.15, 0.2) is 0 Å². The van der Waals surface area contributed by atoms with Gasteiger partial charge in [0.1, 0.15) is 0 Å². The lowest BCUT2D eigenvalue weighted by Crippen LogP contribution is -2.28. The molecule has 0 aromatic carbocycles. The van der Waals surface area contributed by atoms with Gasteiger partial charge >= 0.3 is 0 Å². The SMILES string of the molecule is CCC(CC#N)NCCCCCO. The van der Waals surface area contributed by atoms with Gasteiger partial charge in [0.25, 0.3) is 0 Å². The number of hydrogen-bond acceptors (Lipinski definition) is 3. The third kappa shape index (κ3) is 7.76. The van der Waals surface area contributed by atoms with Gasteiger partial charge in [-0.25, -0.2) is 0 Å². The first-order valence-corrected chi connectivity index (χ1v) is 5.06. The zero-order valence-electron chi connectivity index (χ0n) is 8.42. The van der Waals surface area contributed by atoms with Crippen molar-refractivity contribution in [3.05, 3.63) is 0 Å². The van der Waals surface area contributed by atoms with E-state index in [2.05, 4.69) is 18.3 Å². The van der Waals surface area contributed by atoms with Crippen LogP contribution in [0.4, 0.5) is 0 Å². The van der Waals surface area contributed by atoms with E-state index in [9.17, 15) is 0 Å². The molecule has 13 heavy (non-hydrogen) atoms. The predicted octanol–water partition coefficient (Wildman–Crippen LogP) is 1.43. The van der Waals surface area contributed by atoms with E-state index in [1.54, 1.807) is 0 Å². The summed E-state index contributed by atoms with van der Waals surface area (Å²) in [5.41, 5.74) is 0. The highest BCUT2D eigenvalue weighted by Gasteiger charge is 2.02. The molecule has 0 aromatic heterocycles. The van der Waals surface area contributed by atoms with E-state index in [1.807, 2.05) is 0 Å². The minimum Gasteiger partial charge on any atom is -0.396 e. The molecule has 0 aliphatic carbocycles. The minimum atomic E-state index is 0.287. The molecule has 3 heteroatoms. The summed E-state index contributed by atoms with van der Waals surface area (Å²) in [6.07, 6.45) is 4.63. The van der Waals surface area contributed by atoms with Gasteiger partial charge in [0.05, 0.1) is 12.5 Å². The van der Waals surface area contributed by atoms with Crippen molar-refractivity contribution in [2.45, 2.75) is 45.1 Å². The number of aliphatic hydroxyl groups is 1. The van der Waals surface area contributed by atoms with Crippen molar-refractivity contribution in [3.63, 3.8) is 0 Å². The van der Waals surface area contributed by atoms with E-state index in [0.29, 0.717) is 12.5 Å². The monoisotopic (exact) mass is 184 g/mol. The molecule has 0 saturated carbocycles. The van der Waals surface area contributed by atoms with E-state index in [-0.39, 0.29) is 6.61 Å². The molecular weight excluding hydrogens is 164 g/mol. The number of rotatable bonds is 8. The number of nitrogens with zero attached hydrogens (tertiary/aromatic N) is 1. The summed E-state index contributed by atoms with van der Waals surface area (Å²) in [4.78, 5) is 0. The Balaban J connectivity index is 3.23. The minimum absolute atomic E-state index is 0.287. The van der Waals surface area contributed by atoms with Gasteiger partial charge in [-0.2, -0.15) is 5.26 Å². The first kappa shape index (κ1) is 12.4. The van der Waals surface area contributed by atoms with E-state index >= 15 is 0 Å². The van der Waals surface area contributed by atoms with Gasteiger partial charge in [-0.1, -0.05) is 6.92 Å². The molecule has 0 aromatic rings. The average Bonchev–Trinajstić information content (AvgIpc) is 2.16. The summed E-state index contributed by atoms with van der Waals surface area (Å²) in [6, 6.07) is 2.51. The lowest BCUT2D eigenvalue weighted by Gasteiger charge is -2.12. The third-order valence-corrected chi connectivity index (χ3v) is 2.10. The van der Waals surface area contributed by atoms with Crippen LogP contribution >= 0.6 is 0 Å². The van der Waals surface area contributed by atoms with Gasteiger partial charge in [-0.15, -0.1) is 0 Å². The van der Waals surface area contributed by atoms with E-state index < -0.39 is 0 Å². The fourth-order valence-corrected chi connectivity index (χ4v) is 1.19. The summed E-state index contributed by atoms with van der Waals surface area (Å²) < 4.78 is 0. The van der Waals surface area contributed by atoms with Crippen LogP contribution in [0.2, 0.25) is 0 Å². The lowest BCUT2D eigenvalue weighted by molar-refractivity contribution is 0.282. The molecular formula is C10H20N2O. The molecule has 0 saturated heterocycles. The van der Waals surface area contributed by atoms with Crippen LogP contribution in [0, 0.1) is 11.3 Å². The second kappa shape index (κ2) is 9.50. The Morgan fingerprint density at radius 3 is 2.69 bits per heavy atom. The van der Waals surface area contributed by atoms with Gasteiger partial charge in [0, 0.05) is 12.6 Å². The van der Waals surface area contributed by atoms with Crippen LogP contribution in [-0.4, -0.2) is 24.3 Å². The Morgan fingerprint density at radius 1 is 1.38 bits per heavy atom. The Morgan fingerprint density at radius 2 is 2.15 bits per heavy atom. The zero-order chi connectivity index (χ0) is 9.94. The van der Waals surface area contributed by atoms with Crippen molar-refractivity contribution in [2.24, 2.45) is 0 Å². The van der Waals surface area contributed by atoms with Crippen molar-refractivity contribution in [1.29, 1.82) is 5.26 Å². The Labute approximate surface area is 80.8 Å². The van der Waals surface area contributed by atoms with Crippen molar-refractivity contribution in [2.75, 3.05) is 13.2 Å². The van der Waals surface area contributed by atoms with E-state index in [0.717, 1.165) is 32.2 Å². The molecule has 1 atom stereocenters. The summed E-state index contributed by atoms with van der Waals surface area (Å²) in [7, 11) is 0. The molecule has 0 bridgehead atoms. The van der Waals surface area contributed by atoms with Crippen LogP contribution in [0.1, 0.15) is 39.0 Å². The van der Waals surface area contributed by atoms with Crippen LogP contribution in [0.3, 0.4) is 0 Å². The number of unbranched alkanes of at least 4 members (excludes halogenated alkanes) is 2. The molecule has 2 N–H and O–H groups in total. The quantitative estimate of drug-likeness (QED) is 0.561. The van der Waals surface area contributed by atoms with Crippen LogP contribution in [0.25, 0.3) is 0 Å². The standard InChI is InChI=1S/C10H20N2O/c1-2-10(6-7-11)12-8-4-3-5-9-13/h10,12-13H,2-6,8-9H2,1H3. The summed E-state index contributed by atoms with van der Waals surface area (Å²) in [5, 5.41) is 20.4. The number of nitriles is 1. The highest BCUT2D eigenvalue weighted by Crippen LogP contribution is 1.98. The van der Waals surface area contributed by atoms with Gasteiger partial charge in [-0.3, -0.25) is 0 Å². The number of nitrogens with one attached hydrogen (secondary N) is 1. The van der Waals surface area contributed by atoms with Gasteiger partial charge < -0.3 is 10.4 Å². The van der Waals surface area contributed by atoms with Gasteiger partial charge in [0.2, 0.25) is 0 Å². The molecule has 0 rings (SSSR count). The zero-order valence-corrected chi connectivity index (χ0v) is 8.42. The van der Waals surface area contributed by atoms with Crippen molar-refractivity contribution in [3.8, 4) is 6.07 Å². The topological polar surface area (TPSA) is 56.0 Å². The number of aliphatic hydroxyl groups excluding tert-OH is 1. The van der Waals surface area contributed by atoms with Gasteiger partial charge in [0.15, 0.2) is 0 Å². The Hall–Kier alpha value is -0.590. The van der Waals surface area contributed by atoms with Crippen molar-refractivity contribution < 1.29 is 5.11 Å². The van der Waals surface area contributed by atoms with Crippen LogP contribution in [-0.2, 0) is 0 Å². The molecule has 0 heterocycles. The Bertz CT molecular complexity index is 142. The molecule has 1 unspecified atom stereocenters. The maximum absolute atomic E-state index is 8.54. The fraction of sp³-hybridized carbons (Fsp3) is 0.900. The maximum atomic E-state index is 8.54. The summed E-state index contributed by atoms with van der Waals surface area (Å²) in [5.74, 6) is 0. The van der Waals surface area contributed by atoms with Gasteiger partial charge in [-0.05, 0) is 32.2 Å². The molecule has 0 aliphatic rings. The molecule has 0 aliphatic heterocycles. The molecule has 3 nitrogen and oxygen atoms in total. The fourth-order valence-electron chi connectivity index (χ4n) is 1.19. The second-order valence-corrected chi connectivity index (χ2v) is 3.21. The summed E-state index contributed by atoms with van der Waals surface area (Å²) >= 11 is 0. The first-order valence-electron chi connectivity index (χ1n) is 5.06. The average molecular weight is 184 g/mol. The third-order valence-electron chi connectivity index (χ3n) is 2.10. The largest absolute Gasteiger partial charge is 0.396 e. The molecule has 76 valence electrons. The molecule has 0 amide bonds. The summed E-state index contributed by atoms with van der Waals surface area (Å²) in [6.45, 7) is 3.33. The normalized spacial score (nSPS) is 12.4. The smallest absolute Gasteiger partial charge is 0.0638 e. The highest BCUT2D eigenvalue weighted by molar-refractivity contribution is 4.79. The number of hydrogen-bond donors (Lipinski definition) is 2. The lowest BCUT2D eigenvalue weighted by atomic mass is 10.1. The first-order chi connectivity index (χ1) is 6.35. The van der Waals surface area contributed by atoms with E-state index in [1.165, 1.54) is 0 Å². The van der Waals surface area contributed by atoms with E-state index in [4.69, 9.17) is 10.4 Å². The molecule has 0 fully saturated rings. The predicted molar refractivity (Wildman–Crippen MR) is 53.2 cm³/mol. The van der Waals surface area contributed by atoms with Crippen molar-refractivity contribution in [1.82, 2.24) is 5.32 Å². The molecule has 0 radical (unpaired) electrons. The highest BCUT2D eigenvalue weighted by atomic mass is 16.2. The van der Waals surface area contributed by atoms with Crippen LogP contribution in [0.5, 0.6) is 0 Å². The second-order valence-electron chi connectivity index (χ2n) is 3.21.